The van der Waals surface area contributed by atoms with Gasteiger partial charge in [-0.25, -0.2) is 9.97 Å². The number of anilines is 3. The topological polar surface area (TPSA) is 55.1 Å². The lowest BCUT2D eigenvalue weighted by molar-refractivity contribution is 0.667. The molecule has 0 N–H and O–H groups in total. The van der Waals surface area contributed by atoms with Crippen LogP contribution in [0.25, 0.3) is 118 Å². The Kier molecular flexibility index (Phi) is 8.25. The molecule has 0 spiro atoms. The Hall–Kier alpha value is -8.23. The fourth-order valence-electron chi connectivity index (χ4n) is 9.73. The van der Waals surface area contributed by atoms with Gasteiger partial charge in [-0.2, -0.15) is 0 Å². The Morgan fingerprint density at radius 1 is 0.379 bits per heavy atom. The van der Waals surface area contributed by atoms with Gasteiger partial charge < -0.3 is 9.32 Å². The molecule has 5 nitrogen and oxygen atoms in total. The Balaban J connectivity index is 0.858. The molecule has 0 atom stereocenters. The van der Waals surface area contributed by atoms with E-state index in [1.165, 1.54) is 30.9 Å². The number of benzene rings is 8. The molecule has 14 rings (SSSR count). The van der Waals surface area contributed by atoms with E-state index in [1.54, 1.807) is 28.9 Å². The second kappa shape index (κ2) is 14.7. The van der Waals surface area contributed by atoms with Gasteiger partial charge in [0.05, 0.1) is 17.6 Å². The van der Waals surface area contributed by atoms with Crippen molar-refractivity contribution in [2.45, 2.75) is 0 Å². The molecular weight excluding hydrogens is 845 g/mol. The molecule has 0 unspecified atom stereocenters. The highest BCUT2D eigenvalue weighted by molar-refractivity contribution is 7.25. The summed E-state index contributed by atoms with van der Waals surface area (Å²) in [5, 5.41) is 11.7. The van der Waals surface area contributed by atoms with E-state index in [1.807, 2.05) is 18.3 Å². The molecule has 0 saturated heterocycles. The van der Waals surface area contributed by atoms with Gasteiger partial charge in [-0.1, -0.05) is 103 Å². The number of fused-ring (bicyclic) bond motifs is 11. The molecule has 0 aliphatic rings. The second-order valence-electron chi connectivity index (χ2n) is 16.8. The minimum atomic E-state index is 0.783. The van der Waals surface area contributed by atoms with Crippen molar-refractivity contribution in [2.75, 3.05) is 4.90 Å². The first-order valence-electron chi connectivity index (χ1n) is 22.0. The first-order chi connectivity index (χ1) is 32.6. The molecule has 308 valence electrons. The van der Waals surface area contributed by atoms with Gasteiger partial charge in [-0.3, -0.25) is 4.98 Å². The Morgan fingerprint density at radius 2 is 0.879 bits per heavy atom. The third-order valence-corrected chi connectivity index (χ3v) is 15.1. The zero-order chi connectivity index (χ0) is 43.3. The van der Waals surface area contributed by atoms with Gasteiger partial charge in [0.15, 0.2) is 5.58 Å². The third kappa shape index (κ3) is 6.02. The maximum absolute atomic E-state index is 6.21. The Morgan fingerprint density at radius 3 is 1.48 bits per heavy atom. The number of thiophene rings is 2. The normalized spacial score (nSPS) is 11.9. The first-order valence-corrected chi connectivity index (χ1v) is 23.6. The average Bonchev–Trinajstić information content (AvgIpc) is 4.07. The number of hydrogen-bond acceptors (Lipinski definition) is 7. The van der Waals surface area contributed by atoms with E-state index in [0.717, 1.165) is 104 Å². The Labute approximate surface area is 386 Å². The molecule has 14 aromatic rings. The van der Waals surface area contributed by atoms with Gasteiger partial charge in [0.2, 0.25) is 0 Å². The minimum Gasteiger partial charge on any atom is -0.454 e. The zero-order valence-electron chi connectivity index (χ0n) is 35.1. The number of aromatic nitrogens is 3. The number of nitrogens with zero attached hydrogens (tertiary/aromatic N) is 4. The van der Waals surface area contributed by atoms with E-state index in [-0.39, 0.29) is 0 Å². The predicted octanol–water partition coefficient (Wildman–Crippen LogP) is 17.3. The lowest BCUT2D eigenvalue weighted by Gasteiger charge is -2.26. The van der Waals surface area contributed by atoms with Gasteiger partial charge in [-0.05, 0) is 118 Å². The molecule has 0 saturated carbocycles. The number of pyridine rings is 3. The van der Waals surface area contributed by atoms with Crippen LogP contribution < -0.4 is 4.90 Å². The highest BCUT2D eigenvalue weighted by Crippen LogP contribution is 2.42. The van der Waals surface area contributed by atoms with E-state index < -0.39 is 0 Å². The monoisotopic (exact) mass is 878 g/mol. The molecule has 6 heterocycles. The third-order valence-electron chi connectivity index (χ3n) is 13.0. The van der Waals surface area contributed by atoms with Crippen molar-refractivity contribution in [1.29, 1.82) is 0 Å². The first kappa shape index (κ1) is 37.2. The fraction of sp³-hybridized carbons (Fsp3) is 0. The number of para-hydroxylation sites is 1. The van der Waals surface area contributed by atoms with Crippen LogP contribution in [0.4, 0.5) is 17.1 Å². The van der Waals surface area contributed by atoms with E-state index in [0.29, 0.717) is 0 Å². The van der Waals surface area contributed by atoms with Crippen molar-refractivity contribution in [1.82, 2.24) is 15.0 Å². The quantitative estimate of drug-likeness (QED) is 0.167. The van der Waals surface area contributed by atoms with Crippen LogP contribution in [0.15, 0.2) is 211 Å². The van der Waals surface area contributed by atoms with Gasteiger partial charge in [-0.15, -0.1) is 22.7 Å². The summed E-state index contributed by atoms with van der Waals surface area (Å²) < 4.78 is 8.73. The van der Waals surface area contributed by atoms with Crippen LogP contribution in [-0.2, 0) is 0 Å². The largest absolute Gasteiger partial charge is 0.454 e. The molecule has 0 fully saturated rings. The SMILES string of the molecule is c1ccc2c(c1)oc1cncc(-c3ccc(N(c4ccc5cc(-c6ccc7c(n6)sc6ccccc67)ccc5c4)c4ccc5cc(-c6ccc7c(n6)sc6ccccc67)ccc5c4)cc3)c12. The number of hydrogen-bond donors (Lipinski definition) is 0. The molecule has 7 heteroatoms. The molecule has 0 aliphatic heterocycles. The van der Waals surface area contributed by atoms with Gasteiger partial charge in [0, 0.05) is 81.7 Å². The van der Waals surface area contributed by atoms with Crippen molar-refractivity contribution in [2.24, 2.45) is 0 Å². The van der Waals surface area contributed by atoms with Crippen molar-refractivity contribution in [3.8, 4) is 33.6 Å². The average molecular weight is 879 g/mol. The summed E-state index contributed by atoms with van der Waals surface area (Å²) in [6, 6.07) is 69.7. The summed E-state index contributed by atoms with van der Waals surface area (Å²) in [4.78, 5) is 19.3. The predicted molar refractivity (Wildman–Crippen MR) is 279 cm³/mol. The molecule has 0 radical (unpaired) electrons. The minimum absolute atomic E-state index is 0.783. The maximum Gasteiger partial charge on any atom is 0.154 e. The van der Waals surface area contributed by atoms with Crippen molar-refractivity contribution < 1.29 is 4.42 Å². The van der Waals surface area contributed by atoms with Gasteiger partial charge >= 0.3 is 0 Å². The van der Waals surface area contributed by atoms with Gasteiger partial charge in [0.25, 0.3) is 0 Å². The summed E-state index contributed by atoms with van der Waals surface area (Å²) in [6.45, 7) is 0. The molecule has 0 bridgehead atoms. The van der Waals surface area contributed by atoms with Crippen LogP contribution in [0.1, 0.15) is 0 Å². The van der Waals surface area contributed by atoms with Gasteiger partial charge in [0.1, 0.15) is 15.2 Å². The molecule has 0 amide bonds. The van der Waals surface area contributed by atoms with Crippen molar-refractivity contribution in [3.05, 3.63) is 207 Å². The van der Waals surface area contributed by atoms with Crippen LogP contribution >= 0.6 is 22.7 Å². The van der Waals surface area contributed by atoms with E-state index in [2.05, 4.69) is 192 Å². The molecule has 0 aliphatic carbocycles. The van der Waals surface area contributed by atoms with Crippen LogP contribution in [-0.4, -0.2) is 15.0 Å². The molecule has 8 aromatic carbocycles. The smallest absolute Gasteiger partial charge is 0.154 e. The van der Waals surface area contributed by atoms with Crippen molar-refractivity contribution >= 4 is 124 Å². The highest BCUT2D eigenvalue weighted by atomic mass is 32.1. The molecule has 66 heavy (non-hydrogen) atoms. The summed E-state index contributed by atoms with van der Waals surface area (Å²) in [7, 11) is 0. The molecule has 6 aromatic heterocycles. The van der Waals surface area contributed by atoms with E-state index >= 15 is 0 Å². The van der Waals surface area contributed by atoms with E-state index in [4.69, 9.17) is 14.4 Å². The zero-order valence-corrected chi connectivity index (χ0v) is 36.8. The van der Waals surface area contributed by atoms with Crippen LogP contribution in [0, 0.1) is 0 Å². The fourth-order valence-corrected chi connectivity index (χ4v) is 11.9. The summed E-state index contributed by atoms with van der Waals surface area (Å²) in [6.07, 6.45) is 3.75. The van der Waals surface area contributed by atoms with Crippen molar-refractivity contribution in [3.63, 3.8) is 0 Å². The standard InChI is InChI=1S/C59H34N4OS2/c1-4-10-53-49(9-1)57-50(33-60-34-54(57)64-53)35-17-21-42(22-18-35)63(43-23-19-36-29-40(15-13-38(36)31-43)51-27-25-47-45-7-2-5-11-55(45)65-58(47)61-51)44-24-20-37-30-41(16-14-39(37)32-44)52-28-26-48-46-8-3-6-12-56(46)66-59(48)62-52/h1-34H. The Bertz CT molecular complexity index is 4060. The summed E-state index contributed by atoms with van der Waals surface area (Å²) >= 11 is 3.50. The van der Waals surface area contributed by atoms with E-state index in [9.17, 15) is 0 Å². The lowest BCUT2D eigenvalue weighted by atomic mass is 10.00. The molecular formula is C59H34N4OS2. The summed E-state index contributed by atoms with van der Waals surface area (Å²) in [5.41, 5.74) is 11.1. The van der Waals surface area contributed by atoms with Crippen LogP contribution in [0.5, 0.6) is 0 Å². The number of furan rings is 1. The number of rotatable bonds is 6. The highest BCUT2D eigenvalue weighted by Gasteiger charge is 2.18. The lowest BCUT2D eigenvalue weighted by Crippen LogP contribution is -2.10. The maximum atomic E-state index is 6.21. The van der Waals surface area contributed by atoms with Crippen LogP contribution in [0.3, 0.4) is 0 Å². The summed E-state index contributed by atoms with van der Waals surface area (Å²) in [5.74, 6) is 0. The second-order valence-corrected chi connectivity index (χ2v) is 18.9. The van der Waals surface area contributed by atoms with Crippen LogP contribution in [0.2, 0.25) is 0 Å².